The van der Waals surface area contributed by atoms with E-state index >= 15 is 0 Å². The highest BCUT2D eigenvalue weighted by molar-refractivity contribution is 5.74. The van der Waals surface area contributed by atoms with Crippen molar-refractivity contribution in [1.82, 2.24) is 19.9 Å². The Kier molecular flexibility index (Phi) is 7.32. The Morgan fingerprint density at radius 1 is 1.07 bits per heavy atom. The number of halogens is 4. The molecule has 0 saturated heterocycles. The summed E-state index contributed by atoms with van der Waals surface area (Å²) in [5, 5.41) is 0. The van der Waals surface area contributed by atoms with Crippen LogP contribution in [0, 0.1) is 17.7 Å². The van der Waals surface area contributed by atoms with Crippen LogP contribution in [-0.4, -0.2) is 42.6 Å². The van der Waals surface area contributed by atoms with E-state index in [-0.39, 0.29) is 36.0 Å². The van der Waals surface area contributed by atoms with Gasteiger partial charge in [-0.2, -0.15) is 13.2 Å². The zero-order valence-corrected chi connectivity index (χ0v) is 26.4. The van der Waals surface area contributed by atoms with Crippen molar-refractivity contribution < 1.29 is 27.1 Å². The van der Waals surface area contributed by atoms with Gasteiger partial charge in [-0.15, -0.1) is 0 Å². The molecule has 1 amide bonds. The van der Waals surface area contributed by atoms with Gasteiger partial charge in [0.2, 0.25) is 5.95 Å². The van der Waals surface area contributed by atoms with Gasteiger partial charge in [0.1, 0.15) is 11.4 Å². The Hall–Kier alpha value is -3.89. The average molecular weight is 626 g/mol. The van der Waals surface area contributed by atoms with Crippen LogP contribution in [0.3, 0.4) is 0 Å². The van der Waals surface area contributed by atoms with Crippen molar-refractivity contribution in [1.29, 1.82) is 0 Å². The first-order valence-corrected chi connectivity index (χ1v) is 15.4. The SMILES string of the molecule is CCc1cc(-c2cnc(N(Cc3cc(F)cc(C(F)(F)F)c3)C3=C[C@@]4(C[C@@H]4C)N(C(=O)OC(C)(C)C)C4(C3)C[C@H]4C)nc2)c[nH]1. The molecule has 4 atom stereocenters. The molecule has 240 valence electrons. The number of hydrogen-bond donors (Lipinski definition) is 1. The van der Waals surface area contributed by atoms with Crippen molar-refractivity contribution >= 4 is 12.0 Å². The van der Waals surface area contributed by atoms with Gasteiger partial charge in [0.25, 0.3) is 0 Å². The molecule has 2 aromatic heterocycles. The summed E-state index contributed by atoms with van der Waals surface area (Å²) in [6.07, 6.45) is 4.99. The number of amides is 1. The molecule has 3 aromatic rings. The summed E-state index contributed by atoms with van der Waals surface area (Å²) in [6.45, 7) is 11.7. The van der Waals surface area contributed by atoms with Crippen molar-refractivity contribution in [3.63, 3.8) is 0 Å². The molecule has 7 nitrogen and oxygen atoms in total. The predicted octanol–water partition coefficient (Wildman–Crippen LogP) is 8.28. The Morgan fingerprint density at radius 3 is 2.27 bits per heavy atom. The van der Waals surface area contributed by atoms with Crippen molar-refractivity contribution in [3.8, 4) is 11.1 Å². The lowest BCUT2D eigenvalue weighted by molar-refractivity contribution is -0.137. The maximum Gasteiger partial charge on any atom is 0.416 e. The fourth-order valence-corrected chi connectivity index (χ4v) is 6.83. The van der Waals surface area contributed by atoms with Gasteiger partial charge >= 0.3 is 12.3 Å². The molecule has 11 heteroatoms. The number of H-pyrrole nitrogens is 1. The minimum absolute atomic E-state index is 0.0858. The number of aromatic amines is 1. The second-order valence-electron chi connectivity index (χ2n) is 13.9. The van der Waals surface area contributed by atoms with Gasteiger partial charge in [-0.1, -0.05) is 20.8 Å². The van der Waals surface area contributed by atoms with Gasteiger partial charge in [0, 0.05) is 47.5 Å². The average Bonchev–Trinajstić information content (AvgIpc) is 3.66. The summed E-state index contributed by atoms with van der Waals surface area (Å²) in [7, 11) is 0. The Labute approximate surface area is 260 Å². The quantitative estimate of drug-likeness (QED) is 0.279. The number of alkyl halides is 3. The minimum atomic E-state index is -4.70. The normalized spacial score (nSPS) is 25.8. The number of carbonyl (C=O) groups excluding carboxylic acids is 1. The minimum Gasteiger partial charge on any atom is -0.444 e. The maximum atomic E-state index is 14.5. The van der Waals surface area contributed by atoms with E-state index in [1.54, 1.807) is 17.3 Å². The Morgan fingerprint density at radius 2 is 1.73 bits per heavy atom. The zero-order valence-electron chi connectivity index (χ0n) is 26.4. The summed E-state index contributed by atoms with van der Waals surface area (Å²) in [6, 6.07) is 4.61. The van der Waals surface area contributed by atoms with E-state index < -0.39 is 34.2 Å². The van der Waals surface area contributed by atoms with Crippen LogP contribution >= 0.6 is 0 Å². The van der Waals surface area contributed by atoms with E-state index in [0.717, 1.165) is 53.9 Å². The summed E-state index contributed by atoms with van der Waals surface area (Å²) in [4.78, 5) is 30.0. The fraction of sp³-hybridized carbons (Fsp3) is 0.500. The van der Waals surface area contributed by atoms with Crippen molar-refractivity contribution in [2.24, 2.45) is 11.8 Å². The van der Waals surface area contributed by atoms with E-state index in [1.807, 2.05) is 50.9 Å². The molecule has 2 fully saturated rings. The fourth-order valence-electron chi connectivity index (χ4n) is 6.83. The molecule has 6 rings (SSSR count). The molecular formula is C34H39F4N5O2. The number of carbonyl (C=O) groups is 1. The number of benzene rings is 1. The molecule has 1 aliphatic heterocycles. The van der Waals surface area contributed by atoms with Crippen LogP contribution in [0.2, 0.25) is 0 Å². The van der Waals surface area contributed by atoms with Gasteiger partial charge in [0.05, 0.1) is 23.2 Å². The van der Waals surface area contributed by atoms with Crippen LogP contribution in [0.15, 0.2) is 54.6 Å². The molecular weight excluding hydrogens is 586 g/mol. The molecule has 1 unspecified atom stereocenters. The number of ether oxygens (including phenoxy) is 1. The van der Waals surface area contributed by atoms with Crippen molar-refractivity contribution in [2.75, 3.05) is 4.90 Å². The predicted molar refractivity (Wildman–Crippen MR) is 163 cm³/mol. The number of aromatic nitrogens is 3. The molecule has 3 heterocycles. The Balaban J connectivity index is 1.43. The molecule has 1 N–H and O–H groups in total. The smallest absolute Gasteiger partial charge is 0.416 e. The third-order valence-electron chi connectivity index (χ3n) is 9.39. The van der Waals surface area contributed by atoms with Crippen LogP contribution in [0.4, 0.5) is 28.3 Å². The third kappa shape index (κ3) is 5.81. The van der Waals surface area contributed by atoms with Crippen LogP contribution in [-0.2, 0) is 23.9 Å². The zero-order chi connectivity index (χ0) is 32.5. The van der Waals surface area contributed by atoms with E-state index in [1.165, 1.54) is 0 Å². The lowest BCUT2D eigenvalue weighted by atomic mass is 9.92. The first-order valence-electron chi connectivity index (χ1n) is 15.4. The van der Waals surface area contributed by atoms with E-state index in [9.17, 15) is 22.4 Å². The van der Waals surface area contributed by atoms with Crippen LogP contribution in [0.5, 0.6) is 0 Å². The number of nitrogens with one attached hydrogen (secondary N) is 1. The van der Waals surface area contributed by atoms with Gasteiger partial charge in [-0.05, 0) is 87.8 Å². The highest BCUT2D eigenvalue weighted by Crippen LogP contribution is 2.65. The molecule has 2 spiro atoms. The van der Waals surface area contributed by atoms with Gasteiger partial charge in [-0.25, -0.2) is 19.2 Å². The number of aryl methyl sites for hydroxylation is 1. The lowest BCUT2D eigenvalue weighted by Crippen LogP contribution is -2.56. The number of anilines is 1. The van der Waals surface area contributed by atoms with Crippen LogP contribution < -0.4 is 4.90 Å². The largest absolute Gasteiger partial charge is 0.444 e. The van der Waals surface area contributed by atoms with Crippen LogP contribution in [0.1, 0.15) is 77.6 Å². The van der Waals surface area contributed by atoms with E-state index in [4.69, 9.17) is 4.74 Å². The standard InChI is InChI=1S/C34H39F4N5O2/c1-7-27-10-23(16-39-27)24-17-40-29(41-18-24)42(19-22-8-25(34(36,37)38)11-26(35)9-22)28-14-32(12-20(32)2)43(30(44)45-31(4,5)6)33(15-28)13-21(33)3/h8-11,14,16-18,20-21,39H,7,12-13,15,19H2,1-6H3/t20-,21+,32+,33?/m0/s1. The van der Waals surface area contributed by atoms with Gasteiger partial charge in [-0.3, -0.25) is 4.90 Å². The lowest BCUT2D eigenvalue weighted by Gasteiger charge is -2.45. The first kappa shape index (κ1) is 31.1. The third-order valence-corrected chi connectivity index (χ3v) is 9.39. The van der Waals surface area contributed by atoms with Crippen molar-refractivity contribution in [2.45, 2.75) is 96.6 Å². The first-order chi connectivity index (χ1) is 21.0. The summed E-state index contributed by atoms with van der Waals surface area (Å²) < 4.78 is 61.4. The molecule has 0 radical (unpaired) electrons. The molecule has 45 heavy (non-hydrogen) atoms. The number of nitrogens with zero attached hydrogens (tertiary/aromatic N) is 4. The second kappa shape index (κ2) is 10.6. The molecule has 2 saturated carbocycles. The molecule has 3 aliphatic rings. The van der Waals surface area contributed by atoms with Gasteiger partial charge < -0.3 is 14.6 Å². The highest BCUT2D eigenvalue weighted by atomic mass is 19.4. The second-order valence-corrected chi connectivity index (χ2v) is 13.9. The summed E-state index contributed by atoms with van der Waals surface area (Å²) >= 11 is 0. The summed E-state index contributed by atoms with van der Waals surface area (Å²) in [5.41, 5.74) is 0.850. The van der Waals surface area contributed by atoms with Crippen molar-refractivity contribution in [3.05, 3.63) is 77.3 Å². The molecule has 1 aromatic carbocycles. The maximum absolute atomic E-state index is 14.5. The topological polar surface area (TPSA) is 74.3 Å². The summed E-state index contributed by atoms with van der Waals surface area (Å²) in [5.74, 6) is -0.367. The number of hydrogen-bond acceptors (Lipinski definition) is 5. The molecule has 0 bridgehead atoms. The highest BCUT2D eigenvalue weighted by Gasteiger charge is 2.71. The van der Waals surface area contributed by atoms with Crippen LogP contribution in [0.25, 0.3) is 11.1 Å². The Bertz CT molecular complexity index is 1640. The van der Waals surface area contributed by atoms with E-state index in [0.29, 0.717) is 12.5 Å². The molecule has 2 aliphatic carbocycles. The number of rotatable bonds is 6. The van der Waals surface area contributed by atoms with Gasteiger partial charge in [0.15, 0.2) is 0 Å². The monoisotopic (exact) mass is 625 g/mol. The van der Waals surface area contributed by atoms with E-state index in [2.05, 4.69) is 28.8 Å².